The van der Waals surface area contributed by atoms with Gasteiger partial charge in [-0.25, -0.2) is 4.79 Å². The Bertz CT molecular complexity index is 416. The first-order chi connectivity index (χ1) is 7.27. The molecule has 2 N–H and O–H groups in total. The van der Waals surface area contributed by atoms with Crippen LogP contribution >= 0.6 is 0 Å². The molecule has 0 saturated heterocycles. The van der Waals surface area contributed by atoms with E-state index >= 15 is 0 Å². The number of rotatable bonds is 2. The number of aromatic nitrogens is 1. The Morgan fingerprint density at radius 3 is 2.67 bits per heavy atom. The summed E-state index contributed by atoms with van der Waals surface area (Å²) in [7, 11) is 0. The minimum absolute atomic E-state index is 0.476. The summed E-state index contributed by atoms with van der Waals surface area (Å²) in [5.41, 5.74) is 4.14. The second-order valence-corrected chi connectivity index (χ2v) is 4.66. The number of carbonyl (C=O) groups is 1. The van der Waals surface area contributed by atoms with Crippen LogP contribution in [0.15, 0.2) is 0 Å². The van der Waals surface area contributed by atoms with E-state index in [1.165, 1.54) is 36.9 Å². The third kappa shape index (κ3) is 1.37. The number of carboxylic acids is 1. The molecule has 0 spiro atoms. The van der Waals surface area contributed by atoms with Crippen LogP contribution in [0.2, 0.25) is 0 Å². The van der Waals surface area contributed by atoms with Crippen LogP contribution in [0.1, 0.15) is 58.9 Å². The zero-order chi connectivity index (χ0) is 10.4. The number of hydrogen-bond donors (Lipinski definition) is 2. The van der Waals surface area contributed by atoms with E-state index in [4.69, 9.17) is 5.11 Å². The predicted octanol–water partition coefficient (Wildman–Crippen LogP) is 2.47. The fourth-order valence-corrected chi connectivity index (χ4v) is 2.70. The number of hydrogen-bond acceptors (Lipinski definition) is 1. The first-order valence-electron chi connectivity index (χ1n) is 5.74. The molecular formula is C12H15NO2. The zero-order valence-electron chi connectivity index (χ0n) is 8.68. The Kier molecular flexibility index (Phi) is 1.87. The Morgan fingerprint density at radius 2 is 2.00 bits per heavy atom. The standard InChI is InChI=1S/C12H15NO2/c14-12(15)11-10(7-5-6-7)8-3-1-2-4-9(8)13-11/h7,13H,1-6H2,(H,14,15). The molecule has 0 bridgehead atoms. The maximum Gasteiger partial charge on any atom is 0.352 e. The summed E-state index contributed by atoms with van der Waals surface area (Å²) in [6.45, 7) is 0. The van der Waals surface area contributed by atoms with Gasteiger partial charge in [0.1, 0.15) is 5.69 Å². The van der Waals surface area contributed by atoms with E-state index in [9.17, 15) is 4.79 Å². The number of aromatic amines is 1. The van der Waals surface area contributed by atoms with E-state index in [0.29, 0.717) is 11.6 Å². The molecule has 0 amide bonds. The highest BCUT2D eigenvalue weighted by Gasteiger charge is 2.34. The molecule has 3 heteroatoms. The van der Waals surface area contributed by atoms with Crippen LogP contribution in [0.25, 0.3) is 0 Å². The van der Waals surface area contributed by atoms with Crippen molar-refractivity contribution in [3.63, 3.8) is 0 Å². The molecule has 1 aromatic heterocycles. The van der Waals surface area contributed by atoms with E-state index in [2.05, 4.69) is 4.98 Å². The van der Waals surface area contributed by atoms with Crippen LogP contribution in [0, 0.1) is 0 Å². The first-order valence-corrected chi connectivity index (χ1v) is 5.74. The van der Waals surface area contributed by atoms with Crippen molar-refractivity contribution >= 4 is 5.97 Å². The highest BCUT2D eigenvalue weighted by atomic mass is 16.4. The fourth-order valence-electron chi connectivity index (χ4n) is 2.70. The van der Waals surface area contributed by atoms with Crippen molar-refractivity contribution in [2.75, 3.05) is 0 Å². The summed E-state index contributed by atoms with van der Waals surface area (Å²) in [6.07, 6.45) is 6.85. The van der Waals surface area contributed by atoms with Gasteiger partial charge in [-0.05, 0) is 55.6 Å². The summed E-state index contributed by atoms with van der Waals surface area (Å²) >= 11 is 0. The Labute approximate surface area is 88.5 Å². The van der Waals surface area contributed by atoms with E-state index < -0.39 is 5.97 Å². The van der Waals surface area contributed by atoms with Crippen molar-refractivity contribution < 1.29 is 9.90 Å². The lowest BCUT2D eigenvalue weighted by atomic mass is 9.92. The number of fused-ring (bicyclic) bond motifs is 1. The van der Waals surface area contributed by atoms with Gasteiger partial charge >= 0.3 is 5.97 Å². The highest BCUT2D eigenvalue weighted by Crippen LogP contribution is 2.45. The normalized spacial score (nSPS) is 20.0. The third-order valence-corrected chi connectivity index (χ3v) is 3.54. The quantitative estimate of drug-likeness (QED) is 0.779. The Morgan fingerprint density at radius 1 is 1.27 bits per heavy atom. The summed E-state index contributed by atoms with van der Waals surface area (Å²) in [6, 6.07) is 0. The van der Waals surface area contributed by atoms with Gasteiger partial charge in [0.2, 0.25) is 0 Å². The molecule has 1 fully saturated rings. The van der Waals surface area contributed by atoms with Crippen LogP contribution in [0.4, 0.5) is 0 Å². The van der Waals surface area contributed by atoms with Gasteiger partial charge in [-0.15, -0.1) is 0 Å². The minimum atomic E-state index is -0.786. The van der Waals surface area contributed by atoms with Crippen molar-refractivity contribution in [3.8, 4) is 0 Å². The SMILES string of the molecule is O=C(O)c1[nH]c2c(c1C1CC1)CCCC2. The third-order valence-electron chi connectivity index (χ3n) is 3.54. The lowest BCUT2D eigenvalue weighted by Gasteiger charge is -2.12. The molecule has 2 aliphatic carbocycles. The number of nitrogens with one attached hydrogen (secondary N) is 1. The van der Waals surface area contributed by atoms with Crippen molar-refractivity contribution in [2.24, 2.45) is 0 Å². The van der Waals surface area contributed by atoms with Gasteiger partial charge in [-0.2, -0.15) is 0 Å². The van der Waals surface area contributed by atoms with Crippen LogP contribution in [0.5, 0.6) is 0 Å². The fraction of sp³-hybridized carbons (Fsp3) is 0.583. The number of H-pyrrole nitrogens is 1. The molecule has 1 heterocycles. The van der Waals surface area contributed by atoms with E-state index in [-0.39, 0.29) is 0 Å². The first kappa shape index (κ1) is 9.01. The molecule has 1 aromatic rings. The number of aryl methyl sites for hydroxylation is 1. The van der Waals surface area contributed by atoms with Gasteiger partial charge in [-0.3, -0.25) is 0 Å². The molecule has 0 radical (unpaired) electrons. The minimum Gasteiger partial charge on any atom is -0.477 e. The Hall–Kier alpha value is -1.25. The van der Waals surface area contributed by atoms with E-state index in [1.807, 2.05) is 0 Å². The van der Waals surface area contributed by atoms with Gasteiger partial charge in [-0.1, -0.05) is 0 Å². The molecule has 3 nitrogen and oxygen atoms in total. The topological polar surface area (TPSA) is 53.1 Å². The molecule has 0 aromatic carbocycles. The Balaban J connectivity index is 2.13. The second-order valence-electron chi connectivity index (χ2n) is 4.66. The van der Waals surface area contributed by atoms with Gasteiger partial charge in [0.05, 0.1) is 0 Å². The molecule has 0 aliphatic heterocycles. The zero-order valence-corrected chi connectivity index (χ0v) is 8.68. The molecule has 80 valence electrons. The monoisotopic (exact) mass is 205 g/mol. The average molecular weight is 205 g/mol. The van der Waals surface area contributed by atoms with Gasteiger partial charge in [0.25, 0.3) is 0 Å². The van der Waals surface area contributed by atoms with Crippen molar-refractivity contribution in [2.45, 2.75) is 44.4 Å². The lowest BCUT2D eigenvalue weighted by molar-refractivity contribution is 0.0689. The van der Waals surface area contributed by atoms with Gasteiger partial charge in [0, 0.05) is 5.69 Å². The van der Waals surface area contributed by atoms with Crippen molar-refractivity contribution in [1.29, 1.82) is 0 Å². The van der Waals surface area contributed by atoms with Crippen molar-refractivity contribution in [3.05, 3.63) is 22.5 Å². The largest absolute Gasteiger partial charge is 0.477 e. The number of aromatic carboxylic acids is 1. The van der Waals surface area contributed by atoms with Crippen LogP contribution in [-0.2, 0) is 12.8 Å². The van der Waals surface area contributed by atoms with E-state index in [0.717, 1.165) is 18.4 Å². The highest BCUT2D eigenvalue weighted by molar-refractivity contribution is 5.88. The van der Waals surface area contributed by atoms with Crippen LogP contribution in [-0.4, -0.2) is 16.1 Å². The van der Waals surface area contributed by atoms with Gasteiger partial charge in [0.15, 0.2) is 0 Å². The molecule has 3 rings (SSSR count). The van der Waals surface area contributed by atoms with Gasteiger partial charge < -0.3 is 10.1 Å². The molecule has 0 unspecified atom stereocenters. The molecule has 0 atom stereocenters. The maximum atomic E-state index is 11.1. The van der Waals surface area contributed by atoms with Crippen LogP contribution in [0.3, 0.4) is 0 Å². The molecule has 2 aliphatic rings. The molecule has 15 heavy (non-hydrogen) atoms. The van der Waals surface area contributed by atoms with E-state index in [1.54, 1.807) is 0 Å². The predicted molar refractivity (Wildman–Crippen MR) is 56.4 cm³/mol. The summed E-state index contributed by atoms with van der Waals surface area (Å²) in [5.74, 6) is -0.250. The number of carboxylic acid groups (broad SMARTS) is 1. The maximum absolute atomic E-state index is 11.1. The second kappa shape index (κ2) is 3.12. The summed E-state index contributed by atoms with van der Waals surface area (Å²) in [5, 5.41) is 9.16. The lowest BCUT2D eigenvalue weighted by Crippen LogP contribution is -2.02. The smallest absolute Gasteiger partial charge is 0.352 e. The van der Waals surface area contributed by atoms with Crippen LogP contribution < -0.4 is 0 Å². The molecule has 1 saturated carbocycles. The summed E-state index contributed by atoms with van der Waals surface area (Å²) < 4.78 is 0. The molecular weight excluding hydrogens is 190 g/mol. The summed E-state index contributed by atoms with van der Waals surface area (Å²) in [4.78, 5) is 14.3. The van der Waals surface area contributed by atoms with Crippen molar-refractivity contribution in [1.82, 2.24) is 4.98 Å². The average Bonchev–Trinajstić information content (AvgIpc) is 2.98.